The number of hydrogen-bond donors (Lipinski definition) is 0. The molecule has 0 saturated carbocycles. The van der Waals surface area contributed by atoms with Crippen LogP contribution in [-0.4, -0.2) is 47.6 Å². The fraction of sp³-hybridized carbons (Fsp3) is 0.444. The molecule has 1 aromatic heterocycles. The molecule has 1 saturated heterocycles. The van der Waals surface area contributed by atoms with Gasteiger partial charge in [0, 0.05) is 36.8 Å². The zero-order valence-corrected chi connectivity index (χ0v) is 13.0. The first-order valence-corrected chi connectivity index (χ1v) is 8.12. The van der Waals surface area contributed by atoms with Crippen LogP contribution in [0.2, 0.25) is 0 Å². The average Bonchev–Trinajstić information content (AvgIpc) is 2.87. The van der Waals surface area contributed by atoms with E-state index in [4.69, 9.17) is 0 Å². The highest BCUT2D eigenvalue weighted by Crippen LogP contribution is 2.42. The molecule has 2 unspecified atom stereocenters. The minimum atomic E-state index is 0.561. The minimum absolute atomic E-state index is 0.561. The number of aromatic nitrogens is 2. The van der Waals surface area contributed by atoms with Crippen molar-refractivity contribution in [3.05, 3.63) is 54.0 Å². The number of nitrogens with zero attached hydrogens (tertiary/aromatic N) is 4. The second-order valence-electron chi connectivity index (χ2n) is 6.46. The van der Waals surface area contributed by atoms with Crippen molar-refractivity contribution < 1.29 is 0 Å². The van der Waals surface area contributed by atoms with Crippen LogP contribution in [0.4, 0.5) is 5.82 Å². The summed E-state index contributed by atoms with van der Waals surface area (Å²) >= 11 is 0. The number of hydrogen-bond acceptors (Lipinski definition) is 4. The van der Waals surface area contributed by atoms with E-state index < -0.39 is 0 Å². The van der Waals surface area contributed by atoms with Gasteiger partial charge < -0.3 is 9.80 Å². The molecule has 4 heteroatoms. The number of likely N-dealkylation sites (tertiary alicyclic amines) is 1. The highest BCUT2D eigenvalue weighted by Gasteiger charge is 2.41. The maximum absolute atomic E-state index is 4.60. The molecular formula is C18H22N4. The summed E-state index contributed by atoms with van der Waals surface area (Å²) in [5.74, 6) is 1.72. The molecule has 1 fully saturated rings. The molecule has 0 spiro atoms. The van der Waals surface area contributed by atoms with Crippen LogP contribution in [0.3, 0.4) is 0 Å². The molecule has 0 N–H and O–H groups in total. The number of likely N-dealkylation sites (N-methyl/N-ethyl adjacent to an activating group) is 1. The molecular weight excluding hydrogens is 272 g/mol. The predicted molar refractivity (Wildman–Crippen MR) is 88.2 cm³/mol. The summed E-state index contributed by atoms with van der Waals surface area (Å²) in [6, 6.07) is 11.3. The normalized spacial score (nSPS) is 24.1. The van der Waals surface area contributed by atoms with Crippen molar-refractivity contribution in [1.29, 1.82) is 0 Å². The molecule has 2 aromatic rings. The lowest BCUT2D eigenvalue weighted by atomic mass is 9.90. The molecule has 0 radical (unpaired) electrons. The summed E-state index contributed by atoms with van der Waals surface area (Å²) in [4.78, 5) is 13.8. The molecule has 2 atom stereocenters. The van der Waals surface area contributed by atoms with Crippen LogP contribution in [0, 0.1) is 0 Å². The van der Waals surface area contributed by atoms with Gasteiger partial charge in [-0.2, -0.15) is 0 Å². The smallest absolute Gasteiger partial charge is 0.135 e. The van der Waals surface area contributed by atoms with E-state index in [-0.39, 0.29) is 0 Å². The molecule has 22 heavy (non-hydrogen) atoms. The van der Waals surface area contributed by atoms with Gasteiger partial charge in [0.05, 0.1) is 0 Å². The summed E-state index contributed by atoms with van der Waals surface area (Å²) in [7, 11) is 2.21. The summed E-state index contributed by atoms with van der Waals surface area (Å²) in [6.07, 6.45) is 6.01. The van der Waals surface area contributed by atoms with Gasteiger partial charge in [0.2, 0.25) is 0 Å². The molecule has 1 aromatic carbocycles. The number of anilines is 1. The Balaban J connectivity index is 1.58. The molecule has 0 aliphatic carbocycles. The highest BCUT2D eigenvalue weighted by molar-refractivity contribution is 5.56. The molecule has 2 aliphatic rings. The van der Waals surface area contributed by atoms with Gasteiger partial charge in [-0.1, -0.05) is 30.3 Å². The van der Waals surface area contributed by atoms with Gasteiger partial charge >= 0.3 is 0 Å². The number of rotatable bonds is 3. The van der Waals surface area contributed by atoms with E-state index in [1.807, 2.05) is 6.20 Å². The Bertz CT molecular complexity index is 643. The van der Waals surface area contributed by atoms with Crippen molar-refractivity contribution in [2.75, 3.05) is 31.6 Å². The summed E-state index contributed by atoms with van der Waals surface area (Å²) in [5.41, 5.74) is 2.74. The van der Waals surface area contributed by atoms with E-state index in [0.29, 0.717) is 12.0 Å². The minimum Gasteiger partial charge on any atom is -0.352 e. The lowest BCUT2D eigenvalue weighted by molar-refractivity contribution is 0.231. The largest absolute Gasteiger partial charge is 0.352 e. The number of benzene rings is 1. The predicted octanol–water partition coefficient (Wildman–Crippen LogP) is 2.33. The molecule has 4 rings (SSSR count). The number of fused-ring (bicyclic) bond motifs is 3. The third-order valence-corrected chi connectivity index (χ3v) is 5.05. The van der Waals surface area contributed by atoms with Gasteiger partial charge in [0.25, 0.3) is 0 Å². The van der Waals surface area contributed by atoms with E-state index in [1.54, 1.807) is 6.33 Å². The average molecular weight is 294 g/mol. The number of piperidine rings is 1. The van der Waals surface area contributed by atoms with Crippen molar-refractivity contribution in [3.8, 4) is 0 Å². The van der Waals surface area contributed by atoms with E-state index in [0.717, 1.165) is 25.3 Å². The molecule has 0 amide bonds. The van der Waals surface area contributed by atoms with Gasteiger partial charge in [-0.15, -0.1) is 0 Å². The molecule has 3 heterocycles. The second kappa shape index (κ2) is 5.69. The van der Waals surface area contributed by atoms with Gasteiger partial charge in [0.15, 0.2) is 0 Å². The van der Waals surface area contributed by atoms with Gasteiger partial charge in [-0.25, -0.2) is 9.97 Å². The zero-order valence-electron chi connectivity index (χ0n) is 13.0. The van der Waals surface area contributed by atoms with Crippen molar-refractivity contribution in [3.63, 3.8) is 0 Å². The van der Waals surface area contributed by atoms with Gasteiger partial charge in [-0.3, -0.25) is 0 Å². The quantitative estimate of drug-likeness (QED) is 0.869. The molecule has 114 valence electrons. The van der Waals surface area contributed by atoms with E-state index >= 15 is 0 Å². The van der Waals surface area contributed by atoms with Crippen LogP contribution in [0.15, 0.2) is 42.9 Å². The van der Waals surface area contributed by atoms with Crippen LogP contribution in [0.25, 0.3) is 0 Å². The van der Waals surface area contributed by atoms with Crippen molar-refractivity contribution >= 4 is 5.82 Å². The van der Waals surface area contributed by atoms with Crippen LogP contribution >= 0.6 is 0 Å². The summed E-state index contributed by atoms with van der Waals surface area (Å²) in [5, 5.41) is 0. The van der Waals surface area contributed by atoms with E-state index in [2.05, 4.69) is 57.1 Å². The summed E-state index contributed by atoms with van der Waals surface area (Å²) in [6.45, 7) is 3.33. The topological polar surface area (TPSA) is 32.3 Å². The first-order valence-electron chi connectivity index (χ1n) is 8.12. The first-order chi connectivity index (χ1) is 10.8. The maximum Gasteiger partial charge on any atom is 0.135 e. The monoisotopic (exact) mass is 294 g/mol. The zero-order chi connectivity index (χ0) is 14.9. The Labute approximate surface area is 131 Å². The standard InChI is InChI=1S/C18H22N4/c1-21-9-8-17-16(12-21)15-11-19-13-20-18(15)22(17)10-7-14-5-3-2-4-6-14/h2-6,11,13,16-17H,7-10,12H2,1H3. The first kappa shape index (κ1) is 13.7. The fourth-order valence-corrected chi connectivity index (χ4v) is 3.94. The third-order valence-electron chi connectivity index (χ3n) is 5.05. The van der Waals surface area contributed by atoms with Crippen LogP contribution in [-0.2, 0) is 6.42 Å². The van der Waals surface area contributed by atoms with E-state index in [9.17, 15) is 0 Å². The second-order valence-corrected chi connectivity index (χ2v) is 6.46. The third kappa shape index (κ3) is 2.37. The summed E-state index contributed by atoms with van der Waals surface area (Å²) < 4.78 is 0. The Morgan fingerprint density at radius 3 is 2.95 bits per heavy atom. The highest BCUT2D eigenvalue weighted by atomic mass is 15.3. The Hall–Kier alpha value is -1.94. The van der Waals surface area contributed by atoms with Crippen molar-refractivity contribution in [2.24, 2.45) is 0 Å². The Morgan fingerprint density at radius 2 is 2.09 bits per heavy atom. The SMILES string of the molecule is CN1CCC2C(C1)c1cncnc1N2CCc1ccccc1. The van der Waals surface area contributed by atoms with Gasteiger partial charge in [-0.05, 0) is 32.0 Å². The van der Waals surface area contributed by atoms with Gasteiger partial charge in [0.1, 0.15) is 12.1 Å². The van der Waals surface area contributed by atoms with E-state index in [1.165, 1.54) is 24.1 Å². The Kier molecular flexibility index (Phi) is 3.54. The van der Waals surface area contributed by atoms with Crippen molar-refractivity contribution in [2.45, 2.75) is 24.8 Å². The lowest BCUT2D eigenvalue weighted by Crippen LogP contribution is -2.45. The molecule has 2 aliphatic heterocycles. The van der Waals surface area contributed by atoms with Crippen molar-refractivity contribution in [1.82, 2.24) is 14.9 Å². The fourth-order valence-electron chi connectivity index (χ4n) is 3.94. The molecule has 4 nitrogen and oxygen atoms in total. The Morgan fingerprint density at radius 1 is 1.23 bits per heavy atom. The van der Waals surface area contributed by atoms with Crippen LogP contribution in [0.1, 0.15) is 23.5 Å². The van der Waals surface area contributed by atoms with Crippen LogP contribution < -0.4 is 4.90 Å². The maximum atomic E-state index is 4.60. The lowest BCUT2D eigenvalue weighted by Gasteiger charge is -2.37. The van der Waals surface area contributed by atoms with Crippen LogP contribution in [0.5, 0.6) is 0 Å². The molecule has 0 bridgehead atoms.